The van der Waals surface area contributed by atoms with E-state index in [9.17, 15) is 4.39 Å². The number of pyridine rings is 1. The highest BCUT2D eigenvalue weighted by Gasteiger charge is 2.13. The van der Waals surface area contributed by atoms with Gasteiger partial charge in [0.1, 0.15) is 17.2 Å². The summed E-state index contributed by atoms with van der Waals surface area (Å²) in [5.74, 6) is 0.365. The summed E-state index contributed by atoms with van der Waals surface area (Å²) >= 11 is 12.4. The Morgan fingerprint density at radius 3 is 2.52 bits per heavy atom. The van der Waals surface area contributed by atoms with Gasteiger partial charge >= 0.3 is 0 Å². The van der Waals surface area contributed by atoms with Crippen molar-refractivity contribution in [1.82, 2.24) is 24.5 Å². The van der Waals surface area contributed by atoms with Gasteiger partial charge in [-0.15, -0.1) is 0 Å². The van der Waals surface area contributed by atoms with Gasteiger partial charge in [0.2, 0.25) is 0 Å². The number of imidazole rings is 1. The van der Waals surface area contributed by atoms with Gasteiger partial charge < -0.3 is 9.55 Å². The summed E-state index contributed by atoms with van der Waals surface area (Å²) in [4.78, 5) is 15.8. The summed E-state index contributed by atoms with van der Waals surface area (Å²) in [5.41, 5.74) is 2.77. The predicted octanol–water partition coefficient (Wildman–Crippen LogP) is 3.72. The number of rotatable bonds is 4. The van der Waals surface area contributed by atoms with Crippen LogP contribution in [0, 0.1) is 11.2 Å². The molecule has 0 spiro atoms. The van der Waals surface area contributed by atoms with Crippen molar-refractivity contribution in [2.24, 2.45) is 0 Å². The highest BCUT2D eigenvalue weighted by atomic mass is 35.5. The molecule has 0 radical (unpaired) electrons. The molecule has 0 aliphatic carbocycles. The molecule has 3 aromatic heterocycles. The van der Waals surface area contributed by atoms with E-state index in [-0.39, 0.29) is 11.3 Å². The van der Waals surface area contributed by atoms with Crippen molar-refractivity contribution in [1.29, 1.82) is 5.41 Å². The van der Waals surface area contributed by atoms with Gasteiger partial charge in [-0.3, -0.25) is 10.4 Å². The van der Waals surface area contributed by atoms with Crippen LogP contribution in [0.4, 0.5) is 4.39 Å². The first-order chi connectivity index (χ1) is 13.0. The van der Waals surface area contributed by atoms with E-state index in [1.807, 2.05) is 0 Å². The molecule has 0 aliphatic heterocycles. The molecule has 9 heteroatoms. The van der Waals surface area contributed by atoms with Crippen molar-refractivity contribution >= 4 is 34.4 Å². The Morgan fingerprint density at radius 1 is 1.11 bits per heavy atom. The Hall–Kier alpha value is -2.77. The number of nitrogens with zero attached hydrogens (tertiary/aromatic N) is 4. The zero-order valence-corrected chi connectivity index (χ0v) is 15.4. The van der Waals surface area contributed by atoms with Crippen molar-refractivity contribution < 1.29 is 4.39 Å². The lowest BCUT2D eigenvalue weighted by Crippen LogP contribution is -2.13. The molecule has 0 saturated carbocycles. The first-order valence-corrected chi connectivity index (χ1v) is 8.78. The lowest BCUT2D eigenvalue weighted by molar-refractivity contribution is 0.627. The first kappa shape index (κ1) is 17.6. The van der Waals surface area contributed by atoms with Crippen molar-refractivity contribution in [2.75, 3.05) is 0 Å². The number of hydrogen-bond donors (Lipinski definition) is 2. The zero-order chi connectivity index (χ0) is 19.0. The van der Waals surface area contributed by atoms with Gasteiger partial charge in [-0.1, -0.05) is 35.3 Å². The number of aromatic nitrogens is 5. The lowest BCUT2D eigenvalue weighted by atomic mass is 10.1. The lowest BCUT2D eigenvalue weighted by Gasteiger charge is -2.09. The third-order valence-corrected chi connectivity index (χ3v) is 4.79. The van der Waals surface area contributed by atoms with Crippen LogP contribution in [0.15, 0.2) is 43.0 Å². The van der Waals surface area contributed by atoms with Crippen LogP contribution in [0.3, 0.4) is 0 Å². The van der Waals surface area contributed by atoms with Gasteiger partial charge in [-0.2, -0.15) is 0 Å². The number of nitrogens with one attached hydrogen (secondary N) is 2. The molecule has 0 bridgehead atoms. The van der Waals surface area contributed by atoms with Gasteiger partial charge in [-0.05, 0) is 17.7 Å². The van der Waals surface area contributed by atoms with Gasteiger partial charge in [0, 0.05) is 24.4 Å². The molecular formula is C18H13Cl2FN6. The summed E-state index contributed by atoms with van der Waals surface area (Å²) < 4.78 is 14.9. The maximum absolute atomic E-state index is 13.1. The summed E-state index contributed by atoms with van der Waals surface area (Å²) in [6, 6.07) is 6.21. The second-order valence-electron chi connectivity index (χ2n) is 5.99. The highest BCUT2D eigenvalue weighted by molar-refractivity contribution is 6.35. The third kappa shape index (κ3) is 3.56. The molecule has 0 saturated heterocycles. The Labute approximate surface area is 163 Å². The quantitative estimate of drug-likeness (QED) is 0.545. The van der Waals surface area contributed by atoms with Gasteiger partial charge in [-0.25, -0.2) is 14.4 Å². The number of halogens is 3. The van der Waals surface area contributed by atoms with E-state index in [1.165, 1.54) is 30.9 Å². The first-order valence-electron chi connectivity index (χ1n) is 8.02. The molecule has 1 aromatic carbocycles. The van der Waals surface area contributed by atoms with Crippen LogP contribution < -0.4 is 5.49 Å². The fourth-order valence-electron chi connectivity index (χ4n) is 2.79. The standard InChI is InChI=1S/C18H13Cl2FN6/c19-13-6-23-7-14(20)12(13)8-27-9-24-17(22)16-18(27)26-15(25-16)5-10-1-3-11(21)4-2-10/h1-4,6-7,9,22H,5,8H2,(H,25,26). The average Bonchev–Trinajstić information content (AvgIpc) is 3.07. The fraction of sp³-hybridized carbons (Fsp3) is 0.111. The van der Waals surface area contributed by atoms with Crippen LogP contribution in [0.1, 0.15) is 17.0 Å². The molecule has 0 unspecified atom stereocenters. The van der Waals surface area contributed by atoms with E-state index in [1.54, 1.807) is 16.7 Å². The SMILES string of the molecule is N=c1ncn(Cc2c(Cl)cncc2Cl)c2nc(Cc3ccc(F)cc3)[nH]c12. The number of H-pyrrole nitrogens is 1. The molecule has 0 atom stereocenters. The Bertz CT molecular complexity index is 1160. The van der Waals surface area contributed by atoms with Crippen LogP contribution >= 0.6 is 23.2 Å². The summed E-state index contributed by atoms with van der Waals surface area (Å²) in [6.07, 6.45) is 5.06. The van der Waals surface area contributed by atoms with Gasteiger partial charge in [0.15, 0.2) is 11.1 Å². The monoisotopic (exact) mass is 402 g/mol. The molecule has 136 valence electrons. The topological polar surface area (TPSA) is 83.2 Å². The van der Waals surface area contributed by atoms with E-state index in [2.05, 4.69) is 19.9 Å². The maximum Gasteiger partial charge on any atom is 0.173 e. The second-order valence-corrected chi connectivity index (χ2v) is 6.80. The minimum atomic E-state index is -0.287. The molecule has 6 nitrogen and oxygen atoms in total. The number of hydrogen-bond acceptors (Lipinski definition) is 4. The summed E-state index contributed by atoms with van der Waals surface area (Å²) in [6.45, 7) is 0.338. The number of fused-ring (bicyclic) bond motifs is 1. The van der Waals surface area contributed by atoms with E-state index >= 15 is 0 Å². The van der Waals surface area contributed by atoms with Crippen LogP contribution in [-0.4, -0.2) is 24.5 Å². The Morgan fingerprint density at radius 2 is 1.81 bits per heavy atom. The Kier molecular flexibility index (Phi) is 4.63. The molecule has 4 rings (SSSR count). The largest absolute Gasteiger partial charge is 0.337 e. The molecule has 2 N–H and O–H groups in total. The minimum absolute atomic E-state index is 0.0889. The fourth-order valence-corrected chi connectivity index (χ4v) is 3.27. The summed E-state index contributed by atoms with van der Waals surface area (Å²) in [5, 5.41) is 8.93. The number of benzene rings is 1. The summed E-state index contributed by atoms with van der Waals surface area (Å²) in [7, 11) is 0. The number of aromatic amines is 1. The second kappa shape index (κ2) is 7.09. The van der Waals surface area contributed by atoms with Crippen LogP contribution in [0.25, 0.3) is 11.2 Å². The molecule has 0 aliphatic rings. The molecule has 27 heavy (non-hydrogen) atoms. The minimum Gasteiger partial charge on any atom is -0.337 e. The predicted molar refractivity (Wildman–Crippen MR) is 100 cm³/mol. The molecule has 0 fully saturated rings. The molecular weight excluding hydrogens is 390 g/mol. The third-order valence-electron chi connectivity index (χ3n) is 4.13. The van der Waals surface area contributed by atoms with E-state index in [0.717, 1.165) is 5.56 Å². The van der Waals surface area contributed by atoms with E-state index < -0.39 is 0 Å². The van der Waals surface area contributed by atoms with Crippen LogP contribution in [0.2, 0.25) is 10.0 Å². The van der Waals surface area contributed by atoms with Gasteiger partial charge in [0.25, 0.3) is 0 Å². The van der Waals surface area contributed by atoms with E-state index in [4.69, 9.17) is 28.6 Å². The van der Waals surface area contributed by atoms with Gasteiger partial charge in [0.05, 0.1) is 22.9 Å². The highest BCUT2D eigenvalue weighted by Crippen LogP contribution is 2.24. The molecule has 3 heterocycles. The average molecular weight is 403 g/mol. The van der Waals surface area contributed by atoms with Crippen molar-refractivity contribution in [2.45, 2.75) is 13.0 Å². The van der Waals surface area contributed by atoms with Crippen LogP contribution in [0.5, 0.6) is 0 Å². The van der Waals surface area contributed by atoms with Crippen molar-refractivity contribution in [3.05, 3.63) is 81.3 Å². The smallest absolute Gasteiger partial charge is 0.173 e. The molecule has 4 aromatic rings. The van der Waals surface area contributed by atoms with Crippen molar-refractivity contribution in [3.63, 3.8) is 0 Å². The van der Waals surface area contributed by atoms with E-state index in [0.29, 0.717) is 45.6 Å². The van der Waals surface area contributed by atoms with Crippen LogP contribution in [-0.2, 0) is 13.0 Å². The molecule has 0 amide bonds. The van der Waals surface area contributed by atoms with Crippen molar-refractivity contribution in [3.8, 4) is 0 Å². The maximum atomic E-state index is 13.1. The zero-order valence-electron chi connectivity index (χ0n) is 13.9. The Balaban J connectivity index is 1.74. The normalized spacial score (nSPS) is 11.2.